The molecule has 0 aliphatic heterocycles. The molecule has 10 aromatic rings. The number of esters is 4. The van der Waals surface area contributed by atoms with Gasteiger partial charge in [-0.3, -0.25) is 0 Å². The minimum absolute atomic E-state index is 0.0854. The third-order valence-electron chi connectivity index (χ3n) is 21.2. The summed E-state index contributed by atoms with van der Waals surface area (Å²) < 4.78 is 95.8. The van der Waals surface area contributed by atoms with Crippen molar-refractivity contribution < 1.29 is 79.7 Å². The van der Waals surface area contributed by atoms with E-state index in [1.807, 2.05) is 112 Å². The third kappa shape index (κ3) is 36.7. The van der Waals surface area contributed by atoms with Gasteiger partial charge in [0.1, 0.15) is 35.0 Å². The molecule has 4 unspecified atom stereocenters. The first-order chi connectivity index (χ1) is 62.1. The van der Waals surface area contributed by atoms with E-state index in [1.165, 1.54) is 147 Å². The van der Waals surface area contributed by atoms with Crippen LogP contribution in [0.1, 0.15) is 254 Å². The first-order valence-electron chi connectivity index (χ1n) is 45.7. The Morgan fingerprint density at radius 3 is 1.10 bits per heavy atom. The van der Waals surface area contributed by atoms with Crippen LogP contribution < -0.4 is 19.1 Å². The van der Waals surface area contributed by atoms with Crippen LogP contribution in [0.15, 0.2) is 224 Å². The van der Waals surface area contributed by atoms with Gasteiger partial charge in [-0.25, -0.2) is 36.7 Å². The van der Waals surface area contributed by atoms with E-state index >= 15 is 8.78 Å². The second-order valence-corrected chi connectivity index (χ2v) is 32.1. The molecule has 4 atom stereocenters. The third-order valence-corrected chi connectivity index (χ3v) is 21.2. The molecule has 0 saturated heterocycles. The lowest BCUT2D eigenvalue weighted by atomic mass is 9.99. The molecule has 0 aliphatic rings. The summed E-state index contributed by atoms with van der Waals surface area (Å²) >= 11 is 0. The lowest BCUT2D eigenvalue weighted by Gasteiger charge is -2.14. The van der Waals surface area contributed by atoms with Gasteiger partial charge in [0, 0.05) is 17.0 Å². The molecular formula is C109H128F4N2O13. The highest BCUT2D eigenvalue weighted by Crippen LogP contribution is 2.34. The van der Waals surface area contributed by atoms with E-state index < -0.39 is 42.0 Å². The van der Waals surface area contributed by atoms with Crippen molar-refractivity contribution in [3.63, 3.8) is 0 Å². The predicted octanol–water partition coefficient (Wildman–Crippen LogP) is 29.5. The lowest BCUT2D eigenvalue weighted by molar-refractivity contribution is -0.224. The number of rotatable bonds is 48. The number of nitrogens with zero attached hydrogens (tertiary/aromatic N) is 2. The zero-order chi connectivity index (χ0) is 92.2. The molecule has 0 spiro atoms. The fraction of sp³-hybridized carbons (Fsp3) is 0.394. The fourth-order valence-electron chi connectivity index (χ4n) is 13.6. The minimum Gasteiger partial charge on any atom is -0.494 e. The highest BCUT2D eigenvalue weighted by atomic mass is 19.1. The quantitative estimate of drug-likeness (QED) is 0.00870. The van der Waals surface area contributed by atoms with Gasteiger partial charge in [-0.2, -0.15) is 15.4 Å². The molecule has 0 heterocycles. The molecule has 0 N–H and O–H groups in total. The van der Waals surface area contributed by atoms with Crippen molar-refractivity contribution in [2.75, 3.05) is 26.4 Å². The van der Waals surface area contributed by atoms with Gasteiger partial charge in [0.25, 0.3) is 0 Å². The van der Waals surface area contributed by atoms with Crippen molar-refractivity contribution >= 4 is 23.9 Å². The molecule has 10 rings (SSSR count). The topological polar surface area (TPSA) is 199 Å². The summed E-state index contributed by atoms with van der Waals surface area (Å²) in [7, 11) is 0. The average molecular weight is 1750 g/mol. The summed E-state index contributed by atoms with van der Waals surface area (Å²) in [5.74, 6) is -1.11. The van der Waals surface area contributed by atoms with E-state index in [9.17, 15) is 28.0 Å². The van der Waals surface area contributed by atoms with Crippen molar-refractivity contribution in [1.82, 2.24) is 0 Å². The zero-order valence-electron chi connectivity index (χ0n) is 76.3. The predicted molar refractivity (Wildman–Crippen MR) is 501 cm³/mol. The number of hydrogen-bond acceptors (Lipinski definition) is 15. The van der Waals surface area contributed by atoms with E-state index in [0.717, 1.165) is 94.5 Å². The normalized spacial score (nSPS) is 11.7. The zero-order valence-corrected chi connectivity index (χ0v) is 76.3. The smallest absolute Gasteiger partial charge is 0.347 e. The van der Waals surface area contributed by atoms with Crippen LogP contribution in [-0.4, -0.2) is 74.7 Å². The van der Waals surface area contributed by atoms with Crippen molar-refractivity contribution in [2.45, 2.75) is 248 Å². The summed E-state index contributed by atoms with van der Waals surface area (Å²) in [5, 5.41) is 17.6. The number of hydrogen-bond donors (Lipinski definition) is 0. The molecule has 0 amide bonds. The standard InChI is InChI=1S/C35H45FO3.C32H37FO5.C27H34FNO3.C15H12FNO2/c1-4-6-8-10-11-13-25-38-32-22-19-29(20-23-32)33-24-21-31(26-34(33)36)28-15-17-30(18-16-28)35(37)39-27(3)14-12-9-7-5-2;1-4-6-7-8-9-10-21-37-28-18-15-25(16-19-28)29-20-17-27(22-30(29)33)24-11-13-26(14-12-24)32(35)38-23(3)31(34)36-5-2;1-4-5-6-7-8-9-10-17-31-25-16-15-23(18-24(25)28)21-11-13-22(14-12-21)27(30)32-26(19-29)20(2)3;1-11(10-17)18-19-15-7-5-12(6-8-15)13-3-2-4-14(16)9-13/h15-24,26-27H,4-14,25H2,1-3H3;11-20,22-23H,4-10,21H2,1-3H3;11-16,18,20,26H,4-10,17H2,1-3H3;2-9,11H,1H3. The molecule has 0 bridgehead atoms. The number of carbonyl (C=O) groups excluding carboxylic acids is 4. The Bertz CT molecular complexity index is 5010. The molecule has 10 aromatic carbocycles. The van der Waals surface area contributed by atoms with E-state index in [2.05, 4.69) is 27.7 Å². The Morgan fingerprint density at radius 1 is 0.344 bits per heavy atom. The fourth-order valence-corrected chi connectivity index (χ4v) is 13.6. The van der Waals surface area contributed by atoms with Crippen LogP contribution in [0, 0.1) is 51.8 Å². The van der Waals surface area contributed by atoms with Gasteiger partial charge in [-0.1, -0.05) is 279 Å². The molecule has 0 aromatic heterocycles. The number of unbranched alkanes of at least 4 members (excludes halogenated alkanes) is 19. The summed E-state index contributed by atoms with van der Waals surface area (Å²) in [6, 6.07) is 68.1. The summed E-state index contributed by atoms with van der Waals surface area (Å²) in [6.45, 7) is 21.3. The van der Waals surface area contributed by atoms with Crippen LogP contribution in [0.4, 0.5) is 17.6 Å². The van der Waals surface area contributed by atoms with Crippen LogP contribution in [0.3, 0.4) is 0 Å². The van der Waals surface area contributed by atoms with Gasteiger partial charge in [0.2, 0.25) is 0 Å². The molecule has 15 nitrogen and oxygen atoms in total. The Balaban J connectivity index is 0.000000240. The second kappa shape index (κ2) is 58.3. The maximum atomic E-state index is 15.1. The van der Waals surface area contributed by atoms with Crippen molar-refractivity contribution in [3.8, 4) is 102 Å². The number of halogens is 4. The molecule has 19 heteroatoms. The minimum atomic E-state index is -0.996. The molecular weight excluding hydrogens is 1620 g/mol. The molecule has 680 valence electrons. The van der Waals surface area contributed by atoms with Crippen molar-refractivity contribution in [3.05, 3.63) is 264 Å². The largest absolute Gasteiger partial charge is 0.494 e. The van der Waals surface area contributed by atoms with E-state index in [-0.39, 0.29) is 47.8 Å². The monoisotopic (exact) mass is 1750 g/mol. The number of carbonyl (C=O) groups is 4. The summed E-state index contributed by atoms with van der Waals surface area (Å²) in [4.78, 5) is 58.5. The highest BCUT2D eigenvalue weighted by Gasteiger charge is 2.23. The van der Waals surface area contributed by atoms with E-state index in [1.54, 1.807) is 135 Å². The van der Waals surface area contributed by atoms with Gasteiger partial charge in [0.05, 0.1) is 55.3 Å². The van der Waals surface area contributed by atoms with Gasteiger partial charge in [-0.05, 0) is 225 Å². The number of ether oxygens (including phenoxy) is 7. The first-order valence-corrected chi connectivity index (χ1v) is 45.7. The molecule has 0 aliphatic carbocycles. The van der Waals surface area contributed by atoms with Crippen molar-refractivity contribution in [2.24, 2.45) is 5.92 Å². The van der Waals surface area contributed by atoms with Gasteiger partial charge < -0.3 is 38.0 Å². The van der Waals surface area contributed by atoms with Crippen LogP contribution in [-0.2, 0) is 28.6 Å². The van der Waals surface area contributed by atoms with Gasteiger partial charge in [-0.15, -0.1) is 0 Å². The Labute approximate surface area is 756 Å². The Morgan fingerprint density at radius 2 is 0.703 bits per heavy atom. The Hall–Kier alpha value is -12.1. The van der Waals surface area contributed by atoms with E-state index in [0.29, 0.717) is 64.5 Å². The molecule has 0 saturated carbocycles. The second-order valence-electron chi connectivity index (χ2n) is 32.1. The Kier molecular flexibility index (Phi) is 46.9. The molecule has 0 fully saturated rings. The first kappa shape index (κ1) is 103. The SMILES string of the molecule is CC(C#N)OOc1ccc(-c2cccc(F)c2)cc1.CCCCCCCCCOc1ccc(-c2ccc(C(=O)OC(C#N)C(C)C)cc2)cc1F.CCCCCCCCOc1ccc(-c2ccc(-c3ccc(C(=O)OC(C)C(=O)OCC)cc3)cc2F)cc1.CCCCCCCCOc1ccc(-c2ccc(-c3ccc(C(=O)OC(C)CCCCCC)cc3)cc2F)cc1. The maximum Gasteiger partial charge on any atom is 0.347 e. The summed E-state index contributed by atoms with van der Waals surface area (Å²) in [6.07, 6.45) is 26.0. The maximum absolute atomic E-state index is 15.1. The number of nitriles is 2. The number of benzene rings is 10. The summed E-state index contributed by atoms with van der Waals surface area (Å²) in [5.41, 5.74) is 9.99. The molecule has 128 heavy (non-hydrogen) atoms. The lowest BCUT2D eigenvalue weighted by Crippen LogP contribution is -2.26. The molecule has 0 radical (unpaired) electrons. The van der Waals surface area contributed by atoms with E-state index in [4.69, 9.17) is 53.5 Å². The van der Waals surface area contributed by atoms with Crippen LogP contribution in [0.25, 0.3) is 66.8 Å². The van der Waals surface area contributed by atoms with Crippen LogP contribution in [0.2, 0.25) is 0 Å². The van der Waals surface area contributed by atoms with Gasteiger partial charge >= 0.3 is 23.9 Å². The van der Waals surface area contributed by atoms with Crippen LogP contribution in [0.5, 0.6) is 23.0 Å². The van der Waals surface area contributed by atoms with Crippen molar-refractivity contribution in [1.29, 1.82) is 10.5 Å². The van der Waals surface area contributed by atoms with Gasteiger partial charge in [0.15, 0.2) is 35.6 Å². The van der Waals surface area contributed by atoms with Crippen LogP contribution >= 0.6 is 0 Å². The average Bonchev–Trinajstić information content (AvgIpc) is 0.812. The highest BCUT2D eigenvalue weighted by molar-refractivity contribution is 5.93.